The number of H-pyrrole nitrogens is 2. The van der Waals surface area contributed by atoms with Gasteiger partial charge in [-0.05, 0) is 0 Å². The van der Waals surface area contributed by atoms with Crippen LogP contribution in [0.2, 0.25) is 0 Å². The average molecular weight is 1000 g/mol. The number of aromatic nitrogens is 6. The molecule has 64 heavy (non-hydrogen) atoms. The topological polar surface area (TPSA) is 495 Å². The number of nitrogens with zero attached hydrogens (tertiary/aromatic N) is 5. The minimum absolute atomic E-state index is 0.0114. The number of anilines is 1. The molecule has 0 spiro atoms. The summed E-state index contributed by atoms with van der Waals surface area (Å²) in [7, 11) is -20.5. The molecule has 3 aromatic rings. The van der Waals surface area contributed by atoms with Gasteiger partial charge in [0.15, 0.2) is 18.3 Å². The molecule has 6 heterocycles. The van der Waals surface area contributed by atoms with Crippen molar-refractivity contribution in [1.82, 2.24) is 24.8 Å². The Morgan fingerprint density at radius 3 is 1.78 bits per heavy atom. The lowest BCUT2D eigenvalue weighted by atomic mass is 9.93. The molecule has 2 fully saturated rings. The first-order chi connectivity index (χ1) is 29.6. The summed E-state index contributed by atoms with van der Waals surface area (Å²) in [5.41, 5.74) is 8.69. The third-order valence-electron chi connectivity index (χ3n) is 9.59. The van der Waals surface area contributed by atoms with Crippen LogP contribution in [-0.2, 0) is 61.9 Å². The first-order valence-electron chi connectivity index (χ1n) is 17.9. The molecule has 2 saturated heterocycles. The number of ether oxygens (including phenoxy) is 2. The summed E-state index contributed by atoms with van der Waals surface area (Å²) in [6.07, 6.45) is -10.5. The van der Waals surface area contributed by atoms with Gasteiger partial charge in [0.05, 0.1) is 57.8 Å². The van der Waals surface area contributed by atoms with Crippen LogP contribution in [0.5, 0.6) is 0 Å². The molecule has 0 radical (unpaired) electrons. The number of aliphatic hydroxyl groups excluding tert-OH is 4. The first-order valence-corrected chi connectivity index (χ1v) is 24.0. The van der Waals surface area contributed by atoms with Crippen LogP contribution in [0.3, 0.4) is 0 Å². The Bertz CT molecular complexity index is 2500. The van der Waals surface area contributed by atoms with Crippen LogP contribution in [0, 0.1) is 5.41 Å². The van der Waals surface area contributed by atoms with Gasteiger partial charge in [0, 0.05) is 0 Å². The number of nitrogens with two attached hydrogens (primary N) is 2. The molecule has 10 atom stereocenters. The number of fused-ring (bicyclic) bond motifs is 2. The number of phosphoric acid groups is 4. The highest BCUT2D eigenvalue weighted by Gasteiger charge is 2.50. The van der Waals surface area contributed by atoms with Crippen molar-refractivity contribution in [2.75, 3.05) is 45.4 Å². The molecule has 0 aliphatic carbocycles. The largest absolute Gasteiger partial charge is 0.472 e. The molecule has 3 aromatic heterocycles. The van der Waals surface area contributed by atoms with E-state index in [1.54, 1.807) is 0 Å². The molecule has 358 valence electrons. The van der Waals surface area contributed by atoms with E-state index in [2.05, 4.69) is 40.9 Å². The van der Waals surface area contributed by atoms with Crippen molar-refractivity contribution in [1.29, 1.82) is 0 Å². The highest BCUT2D eigenvalue weighted by molar-refractivity contribution is 7.47. The van der Waals surface area contributed by atoms with Gasteiger partial charge in [-0.25, -0.2) is 27.4 Å². The highest BCUT2D eigenvalue weighted by Crippen LogP contribution is 2.51. The number of rotatable bonds is 20. The highest BCUT2D eigenvalue weighted by atomic mass is 31.2. The Kier molecular flexibility index (Phi) is 14.6. The van der Waals surface area contributed by atoms with Crippen molar-refractivity contribution < 1.29 is 114 Å². The van der Waals surface area contributed by atoms with Gasteiger partial charge in [-0.15, -0.1) is 0 Å². The number of aryl methyl sites for hydroxylation is 1. The van der Waals surface area contributed by atoms with Crippen LogP contribution >= 0.6 is 31.3 Å². The number of nitrogens with one attached hydrogen (secondary N) is 3. The smallest absolute Gasteiger partial charge is 0.387 e. The Balaban J connectivity index is 1.13. The number of nitrogen functional groups attached to an aromatic ring is 1. The maximum absolute atomic E-state index is 13.1. The zero-order chi connectivity index (χ0) is 47.3. The number of aromatic amines is 2. The van der Waals surface area contributed by atoms with E-state index >= 15 is 0 Å². The summed E-state index contributed by atoms with van der Waals surface area (Å²) in [5.74, 6) is -0.247. The SMILES string of the molecule is C=C1NC(N)=Nc2c1[nH]c[n+]2[C@@H]1OC(COP(=O)(O)OCC(COP(=O)(O)O)(COP(=O)(O)O)COP(=O)(O)OC[C@H]2OC([n+]3cn(C)c4c(=O)[nH]c(N)nc43)[C@H](O)[C@@H]2O)[C@@H](O)[C@H]1O. The number of phosphoric ester groups is 4. The summed E-state index contributed by atoms with van der Waals surface area (Å²) in [6, 6.07) is 0. The Morgan fingerprint density at radius 1 is 0.797 bits per heavy atom. The van der Waals surface area contributed by atoms with Crippen LogP contribution < -0.4 is 31.5 Å². The molecule has 17 N–H and O–H groups in total. The van der Waals surface area contributed by atoms with E-state index in [0.717, 1.165) is 4.57 Å². The molecule has 4 unspecified atom stereocenters. The standard InChI is InChI=1S/C27H42N10O23P4/c1-11-14-20(32-25(28)31-11)36(9-30-14)23-18(40)16(38)12(59-23)3-53-63(49,50)57-7-27(5-55-61(43,44)45,6-56-62(46,47)48)8-58-64(51,52)54-4-13-17(39)19(41)24(60-13)37-10-35(2)15-21(37)33-26(29)34-22(15)42/h9-10,12-13,16-19,23-24,38-41H,1,3-8H2,2H3,(H11-,28,29,31,32,33,34,42,43,44,45,46,47,48,49,50,51,52)/p+2/t12?,13-,16-,17-,18-,19-,23-,24?/m1/s1. The van der Waals surface area contributed by atoms with Crippen LogP contribution in [-0.4, -0.2) is 152 Å². The van der Waals surface area contributed by atoms with E-state index in [1.807, 2.05) is 0 Å². The quantitative estimate of drug-likeness (QED) is 0.0371. The van der Waals surface area contributed by atoms with E-state index in [1.165, 1.54) is 28.8 Å². The number of hydrogen-bond donors (Lipinski definition) is 15. The van der Waals surface area contributed by atoms with E-state index in [0.29, 0.717) is 11.4 Å². The normalized spacial score (nSPS) is 27.3. The number of guanidine groups is 1. The molecule has 0 bridgehead atoms. The summed E-state index contributed by atoms with van der Waals surface area (Å²) in [4.78, 5) is 84.6. The van der Waals surface area contributed by atoms with Crippen LogP contribution in [0.25, 0.3) is 16.9 Å². The average Bonchev–Trinajstić information content (AvgIpc) is 3.91. The maximum atomic E-state index is 13.1. The zero-order valence-corrected chi connectivity index (χ0v) is 36.3. The van der Waals surface area contributed by atoms with Crippen molar-refractivity contribution in [2.45, 2.75) is 49.1 Å². The van der Waals surface area contributed by atoms with Crippen LogP contribution in [0.15, 0.2) is 29.0 Å². The van der Waals surface area contributed by atoms with Crippen molar-refractivity contribution in [3.8, 4) is 0 Å². The summed E-state index contributed by atoms with van der Waals surface area (Å²) in [6.45, 7) is -3.99. The fraction of sp³-hybridized carbons (Fsp3) is 0.593. The van der Waals surface area contributed by atoms with E-state index < -0.39 is 131 Å². The molecule has 0 aromatic carbocycles. The lowest BCUT2D eigenvalue weighted by Gasteiger charge is -2.33. The molecule has 0 amide bonds. The Labute approximate surface area is 357 Å². The van der Waals surface area contributed by atoms with E-state index in [-0.39, 0.29) is 28.9 Å². The molecule has 37 heteroatoms. The lowest BCUT2D eigenvalue weighted by molar-refractivity contribution is -0.753. The monoisotopic (exact) mass is 1000 g/mol. The van der Waals surface area contributed by atoms with Crippen molar-refractivity contribution in [2.24, 2.45) is 23.2 Å². The van der Waals surface area contributed by atoms with Crippen LogP contribution in [0.1, 0.15) is 18.1 Å². The second-order valence-corrected chi connectivity index (χ2v) is 19.8. The number of hydrogen-bond acceptors (Lipinski definition) is 22. The van der Waals surface area contributed by atoms with Gasteiger partial charge >= 0.3 is 42.8 Å². The van der Waals surface area contributed by atoms with Gasteiger partial charge in [0.2, 0.25) is 18.0 Å². The van der Waals surface area contributed by atoms with E-state index in [4.69, 9.17) is 39.0 Å². The predicted molar refractivity (Wildman–Crippen MR) is 204 cm³/mol. The second-order valence-electron chi connectivity index (χ2n) is 14.4. The van der Waals surface area contributed by atoms with Crippen molar-refractivity contribution >= 4 is 65.9 Å². The van der Waals surface area contributed by atoms with Gasteiger partial charge in [0.1, 0.15) is 36.6 Å². The van der Waals surface area contributed by atoms with Crippen molar-refractivity contribution in [3.63, 3.8) is 0 Å². The Hall–Kier alpha value is -3.43. The minimum Gasteiger partial charge on any atom is -0.387 e. The van der Waals surface area contributed by atoms with Gasteiger partial charge < -0.3 is 76.0 Å². The third kappa shape index (κ3) is 11.6. The molecule has 6 rings (SSSR count). The van der Waals surface area contributed by atoms with E-state index in [9.17, 15) is 72.8 Å². The fourth-order valence-electron chi connectivity index (χ4n) is 6.47. The third-order valence-corrected chi connectivity index (χ3v) is 12.4. The second kappa shape index (κ2) is 18.7. The molecule has 0 saturated carbocycles. The molecule has 3 aliphatic rings. The summed E-state index contributed by atoms with van der Waals surface area (Å²) < 4.78 is 93.3. The van der Waals surface area contributed by atoms with Gasteiger partial charge in [-0.3, -0.25) is 46.5 Å². The molecule has 3 aliphatic heterocycles. The maximum Gasteiger partial charge on any atom is 0.472 e. The minimum atomic E-state index is -5.51. The Morgan fingerprint density at radius 2 is 1.28 bits per heavy atom. The first kappa shape index (κ1) is 50.0. The van der Waals surface area contributed by atoms with Gasteiger partial charge in [-0.1, -0.05) is 16.6 Å². The molecular formula is C27H44N10O23P4+2. The number of aliphatic imine (C=N–C) groups is 1. The lowest BCUT2D eigenvalue weighted by Crippen LogP contribution is -2.46. The predicted octanol–water partition coefficient (Wildman–Crippen LogP) is -5.32. The zero-order valence-electron chi connectivity index (χ0n) is 32.7. The summed E-state index contributed by atoms with van der Waals surface area (Å²) >= 11 is 0. The summed E-state index contributed by atoms with van der Waals surface area (Å²) in [5, 5.41) is 45.7. The molecular weight excluding hydrogens is 956 g/mol. The van der Waals surface area contributed by atoms with Gasteiger partial charge in [0.25, 0.3) is 17.5 Å². The van der Waals surface area contributed by atoms with Crippen LogP contribution in [0.4, 0.5) is 11.8 Å². The number of aliphatic hydroxyl groups is 4. The van der Waals surface area contributed by atoms with Gasteiger partial charge in [-0.2, -0.15) is 0 Å². The molecule has 33 nitrogen and oxygen atoms in total. The fourth-order valence-corrected chi connectivity index (χ4v) is 9.04. The number of imidazole rings is 2. The van der Waals surface area contributed by atoms with Crippen molar-refractivity contribution in [3.05, 3.63) is 35.3 Å².